The second kappa shape index (κ2) is 4.40. The minimum atomic E-state index is -1.41. The fourth-order valence-corrected chi connectivity index (χ4v) is 4.11. The van der Waals surface area contributed by atoms with E-state index in [2.05, 4.69) is 61.0 Å². The van der Waals surface area contributed by atoms with Crippen molar-refractivity contribution in [1.29, 1.82) is 0 Å². The van der Waals surface area contributed by atoms with E-state index in [1.807, 2.05) is 24.3 Å². The van der Waals surface area contributed by atoms with Crippen LogP contribution in [0.3, 0.4) is 0 Å². The molecule has 1 aliphatic rings. The summed E-state index contributed by atoms with van der Waals surface area (Å²) in [5.41, 5.74) is 0. The first-order chi connectivity index (χ1) is 8.21. The summed E-state index contributed by atoms with van der Waals surface area (Å²) in [4.78, 5) is 5.44. The van der Waals surface area contributed by atoms with Crippen molar-refractivity contribution in [3.05, 3.63) is 57.5 Å². The molecule has 0 saturated carbocycles. The minimum absolute atomic E-state index is 1.08. The zero-order valence-corrected chi connectivity index (χ0v) is 12.7. The molecule has 1 saturated heterocycles. The molecule has 0 radical (unpaired) electrons. The summed E-state index contributed by atoms with van der Waals surface area (Å²) in [6, 6.07) is 16.5. The Balaban J connectivity index is 2.01. The van der Waals surface area contributed by atoms with Crippen LogP contribution in [0.15, 0.2) is 67.3 Å². The summed E-state index contributed by atoms with van der Waals surface area (Å²) in [5, 5.41) is 0. The smallest absolute Gasteiger partial charge is 0.0346 e. The largest absolute Gasteiger partial charge is 0.217 e. The Morgan fingerprint density at radius 3 is 1.41 bits per heavy atom. The lowest BCUT2D eigenvalue weighted by Gasteiger charge is -2.14. The average molecular weight is 375 g/mol. The summed E-state index contributed by atoms with van der Waals surface area (Å²) in [5.74, 6) is 0. The third-order valence-electron chi connectivity index (χ3n) is 2.54. The second-order valence-electron chi connectivity index (χ2n) is 3.63. The van der Waals surface area contributed by atoms with Crippen molar-refractivity contribution in [2.75, 3.05) is 0 Å². The summed E-state index contributed by atoms with van der Waals surface area (Å²) >= 11 is 6.88. The predicted molar refractivity (Wildman–Crippen MR) is 76.6 cm³/mol. The summed E-state index contributed by atoms with van der Waals surface area (Å²) in [7, 11) is -1.41. The lowest BCUT2D eigenvalue weighted by Crippen LogP contribution is -1.89. The molecule has 0 spiro atoms. The van der Waals surface area contributed by atoms with Crippen molar-refractivity contribution < 1.29 is 4.28 Å². The van der Waals surface area contributed by atoms with Gasteiger partial charge < -0.3 is 0 Å². The quantitative estimate of drug-likeness (QED) is 0.766. The van der Waals surface area contributed by atoms with Gasteiger partial charge >= 0.3 is 0 Å². The molecule has 17 heavy (non-hydrogen) atoms. The molecule has 0 aromatic heterocycles. The van der Waals surface area contributed by atoms with E-state index < -0.39 is 10.5 Å². The van der Waals surface area contributed by atoms with Crippen molar-refractivity contribution in [2.45, 2.75) is 9.79 Å². The number of rotatable bonds is 2. The number of hydrogen-bond acceptors (Lipinski definition) is 2. The normalized spacial score (nSPS) is 18.7. The molecule has 0 aliphatic carbocycles. The SMILES string of the molecule is Brc1ccc(S2(c3ccc(Br)cc3)NO2)cc1. The first-order valence-electron chi connectivity index (χ1n) is 5.00. The van der Waals surface area contributed by atoms with Gasteiger partial charge in [-0.2, -0.15) is 0 Å². The van der Waals surface area contributed by atoms with Crippen molar-refractivity contribution in [3.63, 3.8) is 0 Å². The molecule has 1 fully saturated rings. The molecule has 2 aromatic carbocycles. The minimum Gasteiger partial charge on any atom is -0.217 e. The van der Waals surface area contributed by atoms with E-state index in [4.69, 9.17) is 4.28 Å². The number of halogens is 2. The van der Waals surface area contributed by atoms with Gasteiger partial charge in [-0.25, -0.2) is 4.28 Å². The first kappa shape index (κ1) is 11.7. The lowest BCUT2D eigenvalue weighted by molar-refractivity contribution is 0.467. The zero-order chi connectivity index (χ0) is 11.9. The molecule has 1 heterocycles. The van der Waals surface area contributed by atoms with E-state index in [0.717, 1.165) is 8.95 Å². The van der Waals surface area contributed by atoms with E-state index >= 15 is 0 Å². The average Bonchev–Trinajstić information content (AvgIpc) is 3.12. The molecule has 0 unspecified atom stereocenters. The van der Waals surface area contributed by atoms with Gasteiger partial charge in [-0.1, -0.05) is 31.9 Å². The van der Waals surface area contributed by atoms with Crippen LogP contribution in [-0.2, 0) is 4.28 Å². The highest BCUT2D eigenvalue weighted by Crippen LogP contribution is 2.69. The maximum atomic E-state index is 5.55. The number of hydrogen-bond donors (Lipinski definition) is 1. The Morgan fingerprint density at radius 2 is 1.12 bits per heavy atom. The number of nitrogens with one attached hydrogen (secondary N) is 1. The molecule has 2 nitrogen and oxygen atoms in total. The molecule has 88 valence electrons. The van der Waals surface area contributed by atoms with Crippen LogP contribution in [0.25, 0.3) is 0 Å². The van der Waals surface area contributed by atoms with E-state index in [1.165, 1.54) is 9.79 Å². The van der Waals surface area contributed by atoms with Gasteiger partial charge in [-0.3, -0.25) is 0 Å². The Morgan fingerprint density at radius 1 is 0.765 bits per heavy atom. The summed E-state index contributed by atoms with van der Waals surface area (Å²) in [6.45, 7) is 0. The molecule has 5 heteroatoms. The van der Waals surface area contributed by atoms with E-state index in [1.54, 1.807) is 0 Å². The maximum Gasteiger partial charge on any atom is 0.0346 e. The monoisotopic (exact) mass is 373 g/mol. The maximum absolute atomic E-state index is 5.55. The summed E-state index contributed by atoms with van der Waals surface area (Å²) in [6.07, 6.45) is 0. The standard InChI is InChI=1S/C12H9Br2NOS/c13-9-1-5-11(6-2-9)17(15-16-17)12-7-3-10(14)4-8-12/h1-8,15H. The van der Waals surface area contributed by atoms with Crippen LogP contribution < -0.4 is 4.89 Å². The highest BCUT2D eigenvalue weighted by atomic mass is 79.9. The predicted octanol–water partition coefficient (Wildman–Crippen LogP) is 4.80. The van der Waals surface area contributed by atoms with Crippen molar-refractivity contribution in [1.82, 2.24) is 4.89 Å². The fourth-order valence-electron chi connectivity index (χ4n) is 1.62. The van der Waals surface area contributed by atoms with Crippen LogP contribution >= 0.6 is 42.4 Å². The van der Waals surface area contributed by atoms with Crippen LogP contribution in [0.2, 0.25) is 0 Å². The zero-order valence-electron chi connectivity index (χ0n) is 8.69. The molecule has 0 amide bonds. The van der Waals surface area contributed by atoms with E-state index in [0.29, 0.717) is 0 Å². The van der Waals surface area contributed by atoms with Crippen molar-refractivity contribution in [3.8, 4) is 0 Å². The van der Waals surface area contributed by atoms with Gasteiger partial charge in [0.25, 0.3) is 0 Å². The Bertz CT molecular complexity index is 490. The Kier molecular flexibility index (Phi) is 3.04. The highest BCUT2D eigenvalue weighted by Gasteiger charge is 2.43. The second-order valence-corrected chi connectivity index (χ2v) is 7.85. The van der Waals surface area contributed by atoms with Crippen molar-refractivity contribution >= 4 is 42.4 Å². The molecular weight excluding hydrogens is 366 g/mol. The van der Waals surface area contributed by atoms with Gasteiger partial charge in [-0.15, -0.1) is 4.89 Å². The van der Waals surface area contributed by atoms with E-state index in [9.17, 15) is 0 Å². The summed E-state index contributed by atoms with van der Waals surface area (Å²) < 4.78 is 7.70. The molecule has 3 rings (SSSR count). The van der Waals surface area contributed by atoms with Crippen LogP contribution in [0.4, 0.5) is 0 Å². The molecule has 0 atom stereocenters. The van der Waals surface area contributed by atoms with Crippen LogP contribution in [0.5, 0.6) is 0 Å². The number of benzene rings is 2. The molecule has 1 aliphatic heterocycles. The molecular formula is C12H9Br2NOS. The molecule has 2 aromatic rings. The van der Waals surface area contributed by atoms with Crippen LogP contribution in [-0.4, -0.2) is 0 Å². The van der Waals surface area contributed by atoms with Crippen LogP contribution in [0, 0.1) is 0 Å². The Hall–Kier alpha value is -0.330. The molecule has 0 bridgehead atoms. The van der Waals surface area contributed by atoms with Crippen molar-refractivity contribution in [2.24, 2.45) is 0 Å². The lowest BCUT2D eigenvalue weighted by atomic mass is 10.4. The third kappa shape index (κ3) is 2.18. The van der Waals surface area contributed by atoms with E-state index in [-0.39, 0.29) is 0 Å². The van der Waals surface area contributed by atoms with Gasteiger partial charge in [0.1, 0.15) is 0 Å². The van der Waals surface area contributed by atoms with Gasteiger partial charge in [0.05, 0.1) is 0 Å². The fraction of sp³-hybridized carbons (Fsp3) is 0. The third-order valence-corrected chi connectivity index (χ3v) is 5.97. The van der Waals surface area contributed by atoms with Gasteiger partial charge in [0.2, 0.25) is 0 Å². The van der Waals surface area contributed by atoms with Gasteiger partial charge in [0, 0.05) is 29.2 Å². The van der Waals surface area contributed by atoms with Gasteiger partial charge in [0.15, 0.2) is 0 Å². The van der Waals surface area contributed by atoms with Gasteiger partial charge in [-0.05, 0) is 48.5 Å². The molecule has 1 N–H and O–H groups in total. The first-order valence-corrected chi connectivity index (χ1v) is 8.15. The topological polar surface area (TPSA) is 34.5 Å². The Labute approximate surface area is 118 Å². The van der Waals surface area contributed by atoms with Crippen LogP contribution in [0.1, 0.15) is 0 Å². The highest BCUT2D eigenvalue weighted by molar-refractivity contribution is 9.10.